The average molecular weight is 230 g/mol. The summed E-state index contributed by atoms with van der Waals surface area (Å²) in [6, 6.07) is 0.622. The molecule has 0 aromatic carbocycles. The van der Waals surface area contributed by atoms with Crippen LogP contribution in [0.1, 0.15) is 32.6 Å². The van der Waals surface area contributed by atoms with Gasteiger partial charge in [-0.2, -0.15) is 11.8 Å². The predicted molar refractivity (Wildman–Crippen MR) is 70.4 cm³/mol. The van der Waals surface area contributed by atoms with E-state index < -0.39 is 0 Å². The van der Waals surface area contributed by atoms with Gasteiger partial charge in [0.2, 0.25) is 0 Å². The predicted octanol–water partition coefficient (Wildman–Crippen LogP) is 2.19. The molecule has 1 rings (SSSR count). The van der Waals surface area contributed by atoms with Crippen LogP contribution in [0.15, 0.2) is 0 Å². The molecule has 0 aromatic heterocycles. The maximum absolute atomic E-state index is 5.91. The summed E-state index contributed by atoms with van der Waals surface area (Å²) in [6.07, 6.45) is 5.34. The molecule has 0 radical (unpaired) electrons. The summed E-state index contributed by atoms with van der Waals surface area (Å²) in [6.45, 7) is 4.30. The van der Waals surface area contributed by atoms with E-state index in [1.54, 1.807) is 0 Å². The highest BCUT2D eigenvalue weighted by molar-refractivity contribution is 7.99. The van der Waals surface area contributed by atoms with E-state index in [1.807, 2.05) is 0 Å². The molecule has 1 fully saturated rings. The van der Waals surface area contributed by atoms with Gasteiger partial charge in [-0.15, -0.1) is 0 Å². The van der Waals surface area contributed by atoms with E-state index in [0.29, 0.717) is 6.04 Å². The van der Waals surface area contributed by atoms with E-state index in [0.717, 1.165) is 12.5 Å². The van der Waals surface area contributed by atoms with E-state index in [2.05, 4.69) is 30.6 Å². The Balaban J connectivity index is 2.28. The molecule has 15 heavy (non-hydrogen) atoms. The van der Waals surface area contributed by atoms with Gasteiger partial charge >= 0.3 is 0 Å². The van der Waals surface area contributed by atoms with E-state index in [9.17, 15) is 0 Å². The summed E-state index contributed by atoms with van der Waals surface area (Å²) < 4.78 is 0. The van der Waals surface area contributed by atoms with Crippen molar-refractivity contribution in [2.75, 3.05) is 31.6 Å². The van der Waals surface area contributed by atoms with Crippen molar-refractivity contribution in [2.45, 2.75) is 38.6 Å². The van der Waals surface area contributed by atoms with Crippen molar-refractivity contribution in [2.24, 2.45) is 11.7 Å². The lowest BCUT2D eigenvalue weighted by Gasteiger charge is -2.31. The summed E-state index contributed by atoms with van der Waals surface area (Å²) in [7, 11) is 2.25. The monoisotopic (exact) mass is 230 g/mol. The Bertz CT molecular complexity index is 158. The molecule has 1 aliphatic rings. The molecule has 2 N–H and O–H groups in total. The van der Waals surface area contributed by atoms with Crippen molar-refractivity contribution in [3.63, 3.8) is 0 Å². The van der Waals surface area contributed by atoms with Crippen molar-refractivity contribution in [1.82, 2.24) is 4.90 Å². The first kappa shape index (κ1) is 13.3. The van der Waals surface area contributed by atoms with Crippen molar-refractivity contribution < 1.29 is 0 Å². The molecular weight excluding hydrogens is 204 g/mol. The van der Waals surface area contributed by atoms with Crippen LogP contribution in [0.4, 0.5) is 0 Å². The van der Waals surface area contributed by atoms with Gasteiger partial charge in [-0.25, -0.2) is 0 Å². The van der Waals surface area contributed by atoms with Gasteiger partial charge in [0.15, 0.2) is 0 Å². The Kier molecular flexibility index (Phi) is 6.69. The molecule has 0 bridgehead atoms. The molecule has 90 valence electrons. The zero-order valence-corrected chi connectivity index (χ0v) is 11.1. The normalized spacial score (nSPS) is 23.6. The fraction of sp³-hybridized carbons (Fsp3) is 1.00. The van der Waals surface area contributed by atoms with Gasteiger partial charge in [0.05, 0.1) is 0 Å². The second-order valence-electron chi connectivity index (χ2n) is 4.61. The molecule has 1 saturated heterocycles. The van der Waals surface area contributed by atoms with Gasteiger partial charge in [0, 0.05) is 12.6 Å². The molecule has 0 amide bonds. The van der Waals surface area contributed by atoms with Gasteiger partial charge in [-0.05, 0) is 43.9 Å². The van der Waals surface area contributed by atoms with Crippen molar-refractivity contribution in [3.05, 3.63) is 0 Å². The maximum atomic E-state index is 5.91. The molecule has 2 atom stereocenters. The molecule has 0 aliphatic carbocycles. The van der Waals surface area contributed by atoms with Crippen LogP contribution in [-0.2, 0) is 0 Å². The van der Waals surface area contributed by atoms with E-state index in [-0.39, 0.29) is 0 Å². The van der Waals surface area contributed by atoms with Crippen LogP contribution in [0, 0.1) is 5.92 Å². The molecule has 0 saturated carbocycles. The first-order valence-electron chi connectivity index (χ1n) is 6.27. The van der Waals surface area contributed by atoms with Crippen LogP contribution >= 0.6 is 11.8 Å². The number of rotatable bonds is 7. The minimum Gasteiger partial charge on any atom is -0.329 e. The molecule has 2 unspecified atom stereocenters. The van der Waals surface area contributed by atoms with Crippen molar-refractivity contribution >= 4 is 11.8 Å². The zero-order chi connectivity index (χ0) is 11.1. The Hall–Kier alpha value is 0.270. The topological polar surface area (TPSA) is 29.3 Å². The van der Waals surface area contributed by atoms with Gasteiger partial charge < -0.3 is 10.6 Å². The summed E-state index contributed by atoms with van der Waals surface area (Å²) in [5.41, 5.74) is 5.91. The smallest absolute Gasteiger partial charge is 0.0251 e. The fourth-order valence-corrected chi connectivity index (χ4v) is 3.69. The highest BCUT2D eigenvalue weighted by Crippen LogP contribution is 2.28. The Morgan fingerprint density at radius 3 is 2.80 bits per heavy atom. The SMILES string of the molecule is CCCCCN(C)C(CN)C1CCSC1. The van der Waals surface area contributed by atoms with E-state index in [1.165, 1.54) is 43.7 Å². The highest BCUT2D eigenvalue weighted by Gasteiger charge is 2.26. The second kappa shape index (κ2) is 7.53. The standard InChI is InChI=1S/C12H26N2S/c1-3-4-5-7-14(2)12(9-13)11-6-8-15-10-11/h11-12H,3-10,13H2,1-2H3. The van der Waals surface area contributed by atoms with Gasteiger partial charge in [-0.1, -0.05) is 19.8 Å². The van der Waals surface area contributed by atoms with Gasteiger partial charge in [-0.3, -0.25) is 0 Å². The Morgan fingerprint density at radius 1 is 1.47 bits per heavy atom. The zero-order valence-electron chi connectivity index (χ0n) is 10.2. The average Bonchev–Trinajstić information content (AvgIpc) is 2.73. The van der Waals surface area contributed by atoms with Crippen LogP contribution in [0.2, 0.25) is 0 Å². The largest absolute Gasteiger partial charge is 0.329 e. The minimum absolute atomic E-state index is 0.622. The van der Waals surface area contributed by atoms with Crippen molar-refractivity contribution in [3.8, 4) is 0 Å². The van der Waals surface area contributed by atoms with E-state index in [4.69, 9.17) is 5.73 Å². The van der Waals surface area contributed by atoms with Crippen molar-refractivity contribution in [1.29, 1.82) is 0 Å². The summed E-state index contributed by atoms with van der Waals surface area (Å²) >= 11 is 2.09. The number of hydrogen-bond donors (Lipinski definition) is 1. The lowest BCUT2D eigenvalue weighted by Crippen LogP contribution is -2.44. The summed E-state index contributed by atoms with van der Waals surface area (Å²) in [5, 5.41) is 0. The molecule has 3 heteroatoms. The number of thioether (sulfide) groups is 1. The lowest BCUT2D eigenvalue weighted by atomic mass is 9.98. The molecule has 0 aromatic rings. The number of nitrogens with zero attached hydrogens (tertiary/aromatic N) is 1. The summed E-state index contributed by atoms with van der Waals surface area (Å²) in [4.78, 5) is 2.49. The Labute approximate surface area is 99.0 Å². The number of hydrogen-bond acceptors (Lipinski definition) is 3. The quantitative estimate of drug-likeness (QED) is 0.680. The Morgan fingerprint density at radius 2 is 2.27 bits per heavy atom. The van der Waals surface area contributed by atoms with Crippen LogP contribution in [0.25, 0.3) is 0 Å². The van der Waals surface area contributed by atoms with Gasteiger partial charge in [0.25, 0.3) is 0 Å². The van der Waals surface area contributed by atoms with Crippen LogP contribution < -0.4 is 5.73 Å². The number of unbranched alkanes of at least 4 members (excludes halogenated alkanes) is 2. The minimum atomic E-state index is 0.622. The first-order chi connectivity index (χ1) is 7.29. The lowest BCUT2D eigenvalue weighted by molar-refractivity contribution is 0.188. The van der Waals surface area contributed by atoms with Gasteiger partial charge in [0.1, 0.15) is 0 Å². The third-order valence-corrected chi connectivity index (χ3v) is 4.62. The molecule has 1 heterocycles. The highest BCUT2D eigenvalue weighted by atomic mass is 32.2. The van der Waals surface area contributed by atoms with Crippen LogP contribution in [0.3, 0.4) is 0 Å². The first-order valence-corrected chi connectivity index (χ1v) is 7.43. The molecular formula is C12H26N2S. The second-order valence-corrected chi connectivity index (χ2v) is 5.76. The maximum Gasteiger partial charge on any atom is 0.0251 e. The molecule has 0 spiro atoms. The third-order valence-electron chi connectivity index (χ3n) is 3.43. The summed E-state index contributed by atoms with van der Waals surface area (Å²) in [5.74, 6) is 3.50. The number of nitrogens with two attached hydrogens (primary N) is 1. The third kappa shape index (κ3) is 4.33. The van der Waals surface area contributed by atoms with Crippen LogP contribution in [0.5, 0.6) is 0 Å². The fourth-order valence-electron chi connectivity index (χ4n) is 2.37. The molecule has 1 aliphatic heterocycles. The number of likely N-dealkylation sites (N-methyl/N-ethyl adjacent to an activating group) is 1. The van der Waals surface area contributed by atoms with Crippen LogP contribution in [-0.4, -0.2) is 42.6 Å². The molecule has 2 nitrogen and oxygen atoms in total. The van der Waals surface area contributed by atoms with E-state index >= 15 is 0 Å².